The summed E-state index contributed by atoms with van der Waals surface area (Å²) in [6.45, 7) is 4.68. The number of halogens is 3. The lowest BCUT2D eigenvalue weighted by atomic mass is 10.1. The molecule has 3 nitrogen and oxygen atoms in total. The fourth-order valence-corrected chi connectivity index (χ4v) is 2.50. The van der Waals surface area contributed by atoms with E-state index in [1.165, 1.54) is 6.07 Å². The summed E-state index contributed by atoms with van der Waals surface area (Å²) in [5.74, 6) is 1.01. The van der Waals surface area contributed by atoms with Gasteiger partial charge >= 0.3 is 0 Å². The molecular weight excluding hydrogens is 392 g/mol. The molecule has 0 fully saturated rings. The molecule has 0 unspecified atom stereocenters. The van der Waals surface area contributed by atoms with E-state index in [0.717, 1.165) is 21.6 Å². The minimum absolute atomic E-state index is 0.279. The maximum atomic E-state index is 13.8. The molecule has 0 aliphatic rings. The van der Waals surface area contributed by atoms with Crippen LogP contribution in [0.25, 0.3) is 0 Å². The number of hydrogen-bond acceptors (Lipinski definition) is 3. The Labute approximate surface area is 136 Å². The van der Waals surface area contributed by atoms with Gasteiger partial charge < -0.3 is 5.32 Å². The quantitative estimate of drug-likeness (QED) is 0.775. The first-order chi connectivity index (χ1) is 9.52. The van der Waals surface area contributed by atoms with Crippen molar-refractivity contribution in [3.05, 3.63) is 49.7 Å². The molecule has 1 aromatic heterocycles. The molecule has 0 aliphatic heterocycles. The van der Waals surface area contributed by atoms with Crippen LogP contribution < -0.4 is 5.32 Å². The molecule has 0 atom stereocenters. The van der Waals surface area contributed by atoms with E-state index in [0.29, 0.717) is 16.4 Å². The largest absolute Gasteiger partial charge is 0.369 e. The van der Waals surface area contributed by atoms with Crippen LogP contribution in [-0.4, -0.2) is 16.5 Å². The molecule has 1 aromatic carbocycles. The highest BCUT2D eigenvalue weighted by Gasteiger charge is 2.13. The fraction of sp³-hybridized carbons (Fsp3) is 0.286. The Morgan fingerprint density at radius 1 is 1.35 bits per heavy atom. The Kier molecular flexibility index (Phi) is 5.15. The standard InChI is InChI=1S/C14H14ClFIN3/c1-3-18-14-13(17)8(2)19-12(20-14)7-9-10(15)5-4-6-11(9)16/h4-6H,3,7H2,1-2H3,(H,18,19,20). The lowest BCUT2D eigenvalue weighted by molar-refractivity contribution is 0.612. The van der Waals surface area contributed by atoms with Gasteiger partial charge in [-0.1, -0.05) is 17.7 Å². The predicted octanol–water partition coefficient (Wildman–Crippen LogP) is 4.20. The van der Waals surface area contributed by atoms with Crippen molar-refractivity contribution in [1.29, 1.82) is 0 Å². The Morgan fingerprint density at radius 2 is 2.10 bits per heavy atom. The van der Waals surface area contributed by atoms with Crippen molar-refractivity contribution >= 4 is 40.0 Å². The molecule has 0 radical (unpaired) electrons. The highest BCUT2D eigenvalue weighted by atomic mass is 127. The second-order valence-electron chi connectivity index (χ2n) is 4.30. The third-order valence-corrected chi connectivity index (χ3v) is 4.45. The van der Waals surface area contributed by atoms with Gasteiger partial charge in [-0.15, -0.1) is 0 Å². The molecule has 1 heterocycles. The van der Waals surface area contributed by atoms with Crippen molar-refractivity contribution in [3.8, 4) is 0 Å². The summed E-state index contributed by atoms with van der Waals surface area (Å²) >= 11 is 8.24. The van der Waals surface area contributed by atoms with Crippen molar-refractivity contribution in [1.82, 2.24) is 9.97 Å². The average Bonchev–Trinajstić information content (AvgIpc) is 2.40. The SMILES string of the molecule is CCNc1nc(Cc2c(F)cccc2Cl)nc(C)c1I. The summed E-state index contributed by atoms with van der Waals surface area (Å²) in [6, 6.07) is 4.65. The summed E-state index contributed by atoms with van der Waals surface area (Å²) < 4.78 is 14.8. The molecule has 2 rings (SSSR count). The maximum absolute atomic E-state index is 13.8. The zero-order chi connectivity index (χ0) is 14.7. The first-order valence-corrected chi connectivity index (χ1v) is 7.68. The van der Waals surface area contributed by atoms with Gasteiger partial charge in [-0.25, -0.2) is 14.4 Å². The van der Waals surface area contributed by atoms with Gasteiger partial charge in [-0.05, 0) is 48.6 Å². The smallest absolute Gasteiger partial charge is 0.143 e. The molecule has 0 aliphatic carbocycles. The lowest BCUT2D eigenvalue weighted by Crippen LogP contribution is -2.09. The first-order valence-electron chi connectivity index (χ1n) is 6.22. The van der Waals surface area contributed by atoms with E-state index in [9.17, 15) is 4.39 Å². The van der Waals surface area contributed by atoms with Gasteiger partial charge in [0, 0.05) is 23.6 Å². The van der Waals surface area contributed by atoms with E-state index in [-0.39, 0.29) is 12.2 Å². The van der Waals surface area contributed by atoms with Crippen LogP contribution in [0.5, 0.6) is 0 Å². The summed E-state index contributed by atoms with van der Waals surface area (Å²) in [7, 11) is 0. The summed E-state index contributed by atoms with van der Waals surface area (Å²) in [6.07, 6.45) is 0.279. The second-order valence-corrected chi connectivity index (χ2v) is 5.78. The Morgan fingerprint density at radius 3 is 2.75 bits per heavy atom. The zero-order valence-corrected chi connectivity index (χ0v) is 14.1. The Balaban J connectivity index is 2.39. The molecule has 0 saturated heterocycles. The maximum Gasteiger partial charge on any atom is 0.143 e. The van der Waals surface area contributed by atoms with E-state index in [1.807, 2.05) is 13.8 Å². The molecule has 0 amide bonds. The van der Waals surface area contributed by atoms with Gasteiger partial charge in [0.2, 0.25) is 0 Å². The van der Waals surface area contributed by atoms with Gasteiger partial charge in [0.1, 0.15) is 17.5 Å². The minimum Gasteiger partial charge on any atom is -0.369 e. The third kappa shape index (κ3) is 3.38. The van der Waals surface area contributed by atoms with Crippen LogP contribution in [0.1, 0.15) is 24.0 Å². The monoisotopic (exact) mass is 405 g/mol. The van der Waals surface area contributed by atoms with Gasteiger partial charge in [-0.3, -0.25) is 0 Å². The summed E-state index contributed by atoms with van der Waals surface area (Å²) in [5, 5.41) is 3.58. The summed E-state index contributed by atoms with van der Waals surface area (Å²) in [4.78, 5) is 8.85. The van der Waals surface area contributed by atoms with Crippen LogP contribution in [-0.2, 0) is 6.42 Å². The predicted molar refractivity (Wildman–Crippen MR) is 87.9 cm³/mol. The number of hydrogen-bond donors (Lipinski definition) is 1. The molecule has 20 heavy (non-hydrogen) atoms. The van der Waals surface area contributed by atoms with Crippen molar-refractivity contribution in [2.24, 2.45) is 0 Å². The van der Waals surface area contributed by atoms with Crippen molar-refractivity contribution in [2.45, 2.75) is 20.3 Å². The fourth-order valence-electron chi connectivity index (χ4n) is 1.84. The average molecular weight is 406 g/mol. The van der Waals surface area contributed by atoms with E-state index in [4.69, 9.17) is 11.6 Å². The van der Waals surface area contributed by atoms with Crippen molar-refractivity contribution in [2.75, 3.05) is 11.9 Å². The van der Waals surface area contributed by atoms with E-state index < -0.39 is 0 Å². The number of aromatic nitrogens is 2. The Hall–Kier alpha value is -0.950. The zero-order valence-electron chi connectivity index (χ0n) is 11.2. The van der Waals surface area contributed by atoms with Gasteiger partial charge in [0.25, 0.3) is 0 Å². The van der Waals surface area contributed by atoms with Gasteiger partial charge in [0.15, 0.2) is 0 Å². The van der Waals surface area contributed by atoms with Gasteiger partial charge in [-0.2, -0.15) is 0 Å². The molecule has 0 bridgehead atoms. The van der Waals surface area contributed by atoms with Crippen LogP contribution in [0.2, 0.25) is 5.02 Å². The first kappa shape index (κ1) is 15.4. The van der Waals surface area contributed by atoms with E-state index in [1.54, 1.807) is 12.1 Å². The van der Waals surface area contributed by atoms with Crippen LogP contribution in [0.4, 0.5) is 10.2 Å². The van der Waals surface area contributed by atoms with Crippen LogP contribution in [0.15, 0.2) is 18.2 Å². The van der Waals surface area contributed by atoms with Crippen LogP contribution >= 0.6 is 34.2 Å². The second kappa shape index (κ2) is 6.67. The van der Waals surface area contributed by atoms with Crippen molar-refractivity contribution in [3.63, 3.8) is 0 Å². The Bertz CT molecular complexity index is 614. The number of aryl methyl sites for hydroxylation is 1. The highest BCUT2D eigenvalue weighted by molar-refractivity contribution is 14.1. The molecule has 6 heteroatoms. The molecule has 0 saturated carbocycles. The normalized spacial score (nSPS) is 10.7. The number of nitrogens with zero attached hydrogens (tertiary/aromatic N) is 2. The molecule has 1 N–H and O–H groups in total. The van der Waals surface area contributed by atoms with Crippen LogP contribution in [0.3, 0.4) is 0 Å². The minimum atomic E-state index is -0.331. The number of nitrogens with one attached hydrogen (secondary N) is 1. The highest BCUT2D eigenvalue weighted by Crippen LogP contribution is 2.23. The van der Waals surface area contributed by atoms with Crippen molar-refractivity contribution < 1.29 is 4.39 Å². The van der Waals surface area contributed by atoms with Gasteiger partial charge in [0.05, 0.1) is 9.26 Å². The number of benzene rings is 1. The molecule has 2 aromatic rings. The third-order valence-electron chi connectivity index (χ3n) is 2.80. The topological polar surface area (TPSA) is 37.8 Å². The number of rotatable bonds is 4. The molecular formula is C14H14ClFIN3. The van der Waals surface area contributed by atoms with E-state index >= 15 is 0 Å². The van der Waals surface area contributed by atoms with E-state index in [2.05, 4.69) is 37.9 Å². The molecule has 0 spiro atoms. The summed E-state index contributed by atoms with van der Waals surface area (Å²) in [5.41, 5.74) is 1.30. The molecule has 106 valence electrons. The lowest BCUT2D eigenvalue weighted by Gasteiger charge is -2.11. The number of anilines is 1. The van der Waals surface area contributed by atoms with Crippen LogP contribution in [0, 0.1) is 16.3 Å².